The molecule has 5 heteroatoms. The zero-order chi connectivity index (χ0) is 15.4. The highest BCUT2D eigenvalue weighted by Gasteiger charge is 2.12. The Kier molecular flexibility index (Phi) is 4.81. The molecule has 0 aliphatic heterocycles. The van der Waals surface area contributed by atoms with Crippen LogP contribution in [0.3, 0.4) is 0 Å². The first-order valence-electron chi connectivity index (χ1n) is 6.27. The lowest BCUT2D eigenvalue weighted by Gasteiger charge is -2.12. The number of hydrogen-bond donors (Lipinski definition) is 0. The molecule has 0 saturated heterocycles. The normalized spacial score (nSPS) is 10.3. The van der Waals surface area contributed by atoms with Gasteiger partial charge in [-0.15, -0.1) is 0 Å². The summed E-state index contributed by atoms with van der Waals surface area (Å²) < 4.78 is 24.5. The molecule has 0 radical (unpaired) electrons. The largest absolute Gasteiger partial charge is 0.497 e. The highest BCUT2D eigenvalue weighted by molar-refractivity contribution is 6.30. The molecular formula is C16H14ClFO3. The van der Waals surface area contributed by atoms with Crippen molar-refractivity contribution >= 4 is 17.4 Å². The fourth-order valence-corrected chi connectivity index (χ4v) is 2.05. The van der Waals surface area contributed by atoms with E-state index in [1.165, 1.54) is 20.1 Å². The Morgan fingerprint density at radius 1 is 1.29 bits per heavy atom. The van der Waals surface area contributed by atoms with Gasteiger partial charge in [-0.3, -0.25) is 4.79 Å². The van der Waals surface area contributed by atoms with Crippen molar-refractivity contribution in [2.45, 2.75) is 13.5 Å². The van der Waals surface area contributed by atoms with E-state index in [2.05, 4.69) is 0 Å². The first kappa shape index (κ1) is 15.3. The molecule has 0 aromatic heterocycles. The van der Waals surface area contributed by atoms with Gasteiger partial charge in [0.05, 0.1) is 17.7 Å². The van der Waals surface area contributed by atoms with Crippen molar-refractivity contribution in [2.24, 2.45) is 0 Å². The van der Waals surface area contributed by atoms with E-state index in [4.69, 9.17) is 21.1 Å². The van der Waals surface area contributed by atoms with Crippen LogP contribution in [0.1, 0.15) is 22.8 Å². The van der Waals surface area contributed by atoms with Crippen LogP contribution in [0, 0.1) is 5.82 Å². The van der Waals surface area contributed by atoms with Gasteiger partial charge in [0.15, 0.2) is 5.78 Å². The maximum absolute atomic E-state index is 13.8. The van der Waals surface area contributed by atoms with Crippen LogP contribution in [0.15, 0.2) is 36.4 Å². The molecule has 0 saturated carbocycles. The molecule has 0 fully saturated rings. The predicted octanol–water partition coefficient (Wildman–Crippen LogP) is 4.27. The number of methoxy groups -OCH3 is 1. The summed E-state index contributed by atoms with van der Waals surface area (Å²) in [5, 5.41) is 0.0357. The third-order valence-corrected chi connectivity index (χ3v) is 3.27. The number of halogens is 2. The lowest BCUT2D eigenvalue weighted by molar-refractivity contribution is 0.101. The van der Waals surface area contributed by atoms with Crippen LogP contribution in [-0.2, 0) is 6.61 Å². The van der Waals surface area contributed by atoms with Crippen LogP contribution in [0.25, 0.3) is 0 Å². The van der Waals surface area contributed by atoms with E-state index in [9.17, 15) is 9.18 Å². The summed E-state index contributed by atoms with van der Waals surface area (Å²) in [6.07, 6.45) is 0. The average molecular weight is 309 g/mol. The maximum Gasteiger partial charge on any atom is 0.163 e. The van der Waals surface area contributed by atoms with E-state index in [0.717, 1.165) is 0 Å². The SMILES string of the molecule is COc1ccc(C(C)=O)c(OCc2cccc(Cl)c2F)c1. The van der Waals surface area contributed by atoms with Crippen molar-refractivity contribution in [3.63, 3.8) is 0 Å². The monoisotopic (exact) mass is 308 g/mol. The molecule has 2 aromatic carbocycles. The van der Waals surface area contributed by atoms with Gasteiger partial charge in [-0.1, -0.05) is 23.7 Å². The van der Waals surface area contributed by atoms with E-state index < -0.39 is 5.82 Å². The minimum atomic E-state index is -0.522. The maximum atomic E-state index is 13.8. The van der Waals surface area contributed by atoms with Gasteiger partial charge < -0.3 is 9.47 Å². The summed E-state index contributed by atoms with van der Waals surface area (Å²) in [5.74, 6) is 0.244. The van der Waals surface area contributed by atoms with Crippen molar-refractivity contribution in [3.05, 3.63) is 58.4 Å². The van der Waals surface area contributed by atoms with Crippen molar-refractivity contribution in [1.29, 1.82) is 0 Å². The summed E-state index contributed by atoms with van der Waals surface area (Å²) in [4.78, 5) is 11.6. The lowest BCUT2D eigenvalue weighted by atomic mass is 10.1. The number of rotatable bonds is 5. The number of hydrogen-bond acceptors (Lipinski definition) is 3. The molecule has 0 heterocycles. The van der Waals surface area contributed by atoms with Gasteiger partial charge in [0.2, 0.25) is 0 Å². The molecule has 0 spiro atoms. The van der Waals surface area contributed by atoms with Crippen LogP contribution in [-0.4, -0.2) is 12.9 Å². The Balaban J connectivity index is 2.26. The summed E-state index contributed by atoms with van der Waals surface area (Å²) in [7, 11) is 1.52. The van der Waals surface area contributed by atoms with Gasteiger partial charge in [-0.05, 0) is 25.1 Å². The van der Waals surface area contributed by atoms with E-state index in [-0.39, 0.29) is 17.4 Å². The summed E-state index contributed by atoms with van der Waals surface area (Å²) in [5.41, 5.74) is 0.734. The third-order valence-electron chi connectivity index (χ3n) is 2.98. The lowest BCUT2D eigenvalue weighted by Crippen LogP contribution is -2.03. The Bertz CT molecular complexity index is 671. The number of carbonyl (C=O) groups is 1. The van der Waals surface area contributed by atoms with Gasteiger partial charge >= 0.3 is 0 Å². The van der Waals surface area contributed by atoms with Crippen molar-refractivity contribution in [2.75, 3.05) is 7.11 Å². The summed E-state index contributed by atoms with van der Waals surface area (Å²) in [6, 6.07) is 9.57. The second-order valence-corrected chi connectivity index (χ2v) is 4.83. The topological polar surface area (TPSA) is 35.5 Å². The molecule has 3 nitrogen and oxygen atoms in total. The molecule has 2 aromatic rings. The standard InChI is InChI=1S/C16H14ClFO3/c1-10(19)13-7-6-12(20-2)8-15(13)21-9-11-4-3-5-14(17)16(11)18/h3-8H,9H2,1-2H3. The molecule has 0 bridgehead atoms. The van der Waals surface area contributed by atoms with Crippen molar-refractivity contribution in [3.8, 4) is 11.5 Å². The van der Waals surface area contributed by atoms with Crippen LogP contribution >= 0.6 is 11.6 Å². The Morgan fingerprint density at radius 2 is 2.05 bits per heavy atom. The van der Waals surface area contributed by atoms with Gasteiger partial charge in [0, 0.05) is 11.6 Å². The average Bonchev–Trinajstić information content (AvgIpc) is 2.48. The quantitative estimate of drug-likeness (QED) is 0.774. The zero-order valence-corrected chi connectivity index (χ0v) is 12.4. The number of benzene rings is 2. The van der Waals surface area contributed by atoms with Crippen LogP contribution in [0.5, 0.6) is 11.5 Å². The molecule has 0 unspecified atom stereocenters. The zero-order valence-electron chi connectivity index (χ0n) is 11.7. The van der Waals surface area contributed by atoms with Gasteiger partial charge in [-0.25, -0.2) is 4.39 Å². The minimum Gasteiger partial charge on any atom is -0.497 e. The van der Waals surface area contributed by atoms with E-state index in [1.54, 1.807) is 30.3 Å². The molecular weight excluding hydrogens is 295 g/mol. The van der Waals surface area contributed by atoms with Crippen LogP contribution in [0.4, 0.5) is 4.39 Å². The number of ether oxygens (including phenoxy) is 2. The fraction of sp³-hybridized carbons (Fsp3) is 0.188. The number of Topliss-reactive ketones (excluding diaryl/α,β-unsaturated/α-hetero) is 1. The van der Waals surface area contributed by atoms with E-state index in [1.807, 2.05) is 0 Å². The molecule has 0 amide bonds. The van der Waals surface area contributed by atoms with Gasteiger partial charge in [-0.2, -0.15) is 0 Å². The third kappa shape index (κ3) is 3.52. The van der Waals surface area contributed by atoms with Gasteiger partial charge in [0.25, 0.3) is 0 Å². The molecule has 0 N–H and O–H groups in total. The molecule has 21 heavy (non-hydrogen) atoms. The smallest absolute Gasteiger partial charge is 0.163 e. The minimum absolute atomic E-state index is 0.0279. The molecule has 0 aliphatic carbocycles. The molecule has 110 valence electrons. The predicted molar refractivity (Wildman–Crippen MR) is 78.7 cm³/mol. The van der Waals surface area contributed by atoms with Gasteiger partial charge in [0.1, 0.15) is 23.9 Å². The highest BCUT2D eigenvalue weighted by Crippen LogP contribution is 2.27. The Hall–Kier alpha value is -2.07. The van der Waals surface area contributed by atoms with Crippen molar-refractivity contribution in [1.82, 2.24) is 0 Å². The van der Waals surface area contributed by atoms with E-state index >= 15 is 0 Å². The summed E-state index contributed by atoms with van der Waals surface area (Å²) >= 11 is 5.72. The fourth-order valence-electron chi connectivity index (χ4n) is 1.86. The number of carbonyl (C=O) groups excluding carboxylic acids is 1. The van der Waals surface area contributed by atoms with Crippen LogP contribution in [0.2, 0.25) is 5.02 Å². The second kappa shape index (κ2) is 6.59. The number of ketones is 1. The van der Waals surface area contributed by atoms with Crippen LogP contribution < -0.4 is 9.47 Å². The summed E-state index contributed by atoms with van der Waals surface area (Å²) in [6.45, 7) is 1.41. The Labute approximate surface area is 127 Å². The Morgan fingerprint density at radius 3 is 2.71 bits per heavy atom. The second-order valence-electron chi connectivity index (χ2n) is 4.42. The molecule has 2 rings (SSSR count). The first-order valence-corrected chi connectivity index (χ1v) is 6.65. The molecule has 0 atom stereocenters. The van der Waals surface area contributed by atoms with Crippen molar-refractivity contribution < 1.29 is 18.7 Å². The first-order chi connectivity index (χ1) is 10.0. The highest BCUT2D eigenvalue weighted by atomic mass is 35.5. The molecule has 0 aliphatic rings. The van der Waals surface area contributed by atoms with E-state index in [0.29, 0.717) is 22.6 Å².